The molecule has 0 radical (unpaired) electrons. The van der Waals surface area contributed by atoms with Gasteiger partial charge in [-0.25, -0.2) is 0 Å². The van der Waals surface area contributed by atoms with Crippen LogP contribution in [0.3, 0.4) is 0 Å². The second kappa shape index (κ2) is 25.1. The normalized spacial score (nSPS) is 25.4. The van der Waals surface area contributed by atoms with Gasteiger partial charge < -0.3 is 52.5 Å². The van der Waals surface area contributed by atoms with E-state index in [4.69, 9.17) is 47.4 Å². The first-order valence-electron chi connectivity index (χ1n) is 22.6. The molecule has 0 saturated carbocycles. The van der Waals surface area contributed by atoms with Crippen molar-refractivity contribution < 1.29 is 52.5 Å². The van der Waals surface area contributed by atoms with Crippen molar-refractivity contribution in [3.63, 3.8) is 0 Å². The lowest BCUT2D eigenvalue weighted by molar-refractivity contribution is -0.348. The van der Waals surface area contributed by atoms with Gasteiger partial charge in [0, 0.05) is 7.11 Å². The third kappa shape index (κ3) is 13.5. The minimum atomic E-state index is -1.13. The molecule has 1 N–H and O–H groups in total. The van der Waals surface area contributed by atoms with Crippen LogP contribution in [0.2, 0.25) is 0 Å². The van der Waals surface area contributed by atoms with Crippen molar-refractivity contribution in [3.05, 3.63) is 215 Å². The maximum absolute atomic E-state index is 12.1. The molecule has 8 rings (SSSR count). The van der Waals surface area contributed by atoms with Gasteiger partial charge in [0.25, 0.3) is 0 Å². The number of aliphatic hydroxyl groups is 1. The second-order valence-corrected chi connectivity index (χ2v) is 16.5. The third-order valence-electron chi connectivity index (χ3n) is 11.7. The third-order valence-corrected chi connectivity index (χ3v) is 11.7. The van der Waals surface area contributed by atoms with Crippen LogP contribution in [-0.2, 0) is 87.0 Å². The average molecular weight is 897 g/mol. The van der Waals surface area contributed by atoms with Gasteiger partial charge in [-0.1, -0.05) is 182 Å². The zero-order chi connectivity index (χ0) is 45.2. The van der Waals surface area contributed by atoms with Crippen molar-refractivity contribution in [2.24, 2.45) is 0 Å². The monoisotopic (exact) mass is 896 g/mol. The molecule has 0 spiro atoms. The van der Waals surface area contributed by atoms with Gasteiger partial charge in [-0.15, -0.1) is 0 Å². The molecule has 2 aliphatic rings. The van der Waals surface area contributed by atoms with E-state index in [0.29, 0.717) is 13.2 Å². The number of hydrogen-bond donors (Lipinski definition) is 1. The standard InChI is InChI=1S/C55H60O11/c1-57-54-53(63-37-45-30-18-7-19-31-45)51(61-35-43-26-14-5-15-27-43)49(59-33-41-22-10-3-11-23-41)47(66-54)39-64-55-52(62-36-44-28-16-6-17-29-44)50(60-34-42-24-12-4-13-25-42)48(56)46(65-55)38-58-32-40-20-8-2-9-21-40/h2-31,46-56H,32-39H2,1H3/t46-,47-,48-,49-,50+,51+,52-,53+,54+,55+/m1/s1. The van der Waals surface area contributed by atoms with Gasteiger partial charge in [0.2, 0.25) is 0 Å². The Morgan fingerprint density at radius 2 is 0.682 bits per heavy atom. The van der Waals surface area contributed by atoms with E-state index in [2.05, 4.69) is 0 Å². The minimum absolute atomic E-state index is 0.0368. The molecule has 346 valence electrons. The van der Waals surface area contributed by atoms with Crippen LogP contribution in [0.1, 0.15) is 33.4 Å². The van der Waals surface area contributed by atoms with Gasteiger partial charge in [0.1, 0.15) is 48.8 Å². The summed E-state index contributed by atoms with van der Waals surface area (Å²) in [5.74, 6) is 0. The molecule has 0 aliphatic carbocycles. The van der Waals surface area contributed by atoms with Gasteiger partial charge in [-0.2, -0.15) is 0 Å². The second-order valence-electron chi connectivity index (χ2n) is 16.5. The molecule has 0 amide bonds. The molecule has 66 heavy (non-hydrogen) atoms. The predicted octanol–water partition coefficient (Wildman–Crippen LogP) is 8.60. The van der Waals surface area contributed by atoms with E-state index < -0.39 is 61.4 Å². The summed E-state index contributed by atoms with van der Waals surface area (Å²) in [6, 6.07) is 59.4. The Morgan fingerprint density at radius 3 is 1.09 bits per heavy atom. The Balaban J connectivity index is 1.09. The number of aliphatic hydroxyl groups excluding tert-OH is 1. The minimum Gasteiger partial charge on any atom is -0.387 e. The van der Waals surface area contributed by atoms with Gasteiger partial charge in [0.15, 0.2) is 12.6 Å². The molecular weight excluding hydrogens is 837 g/mol. The van der Waals surface area contributed by atoms with E-state index in [1.165, 1.54) is 0 Å². The largest absolute Gasteiger partial charge is 0.387 e. The highest BCUT2D eigenvalue weighted by atomic mass is 16.7. The van der Waals surface area contributed by atoms with Crippen molar-refractivity contribution in [2.75, 3.05) is 20.3 Å². The molecule has 2 saturated heterocycles. The molecule has 0 unspecified atom stereocenters. The molecule has 0 aromatic heterocycles. The number of hydrogen-bond acceptors (Lipinski definition) is 11. The number of ether oxygens (including phenoxy) is 10. The molecule has 6 aromatic rings. The van der Waals surface area contributed by atoms with Crippen molar-refractivity contribution in [2.45, 2.75) is 101 Å². The Morgan fingerprint density at radius 1 is 0.348 bits per heavy atom. The van der Waals surface area contributed by atoms with Crippen LogP contribution in [0.25, 0.3) is 0 Å². The van der Waals surface area contributed by atoms with E-state index >= 15 is 0 Å². The summed E-state index contributed by atoms with van der Waals surface area (Å²) in [5, 5.41) is 12.1. The quantitative estimate of drug-likeness (QED) is 0.0668. The summed E-state index contributed by atoms with van der Waals surface area (Å²) in [5.41, 5.74) is 5.84. The van der Waals surface area contributed by atoms with E-state index in [-0.39, 0.29) is 39.6 Å². The predicted molar refractivity (Wildman–Crippen MR) is 247 cm³/mol. The molecular formula is C55H60O11. The fourth-order valence-electron chi connectivity index (χ4n) is 8.19. The molecule has 11 nitrogen and oxygen atoms in total. The summed E-state index contributed by atoms with van der Waals surface area (Å²) in [4.78, 5) is 0. The molecule has 10 atom stereocenters. The SMILES string of the molecule is CO[C@H]1O[C@H](CO[C@H]2O[C@H](COCc3ccccc3)[C@@H](O)[C@H](OCc3ccccc3)[C@H]2OCc2ccccc2)[C@@H](OCc2ccccc2)[C@H](OCc2ccccc2)[C@@H]1OCc1ccccc1. The molecule has 2 fully saturated rings. The Bertz CT molecular complexity index is 2220. The van der Waals surface area contributed by atoms with Crippen LogP contribution < -0.4 is 0 Å². The maximum Gasteiger partial charge on any atom is 0.187 e. The first kappa shape index (κ1) is 47.4. The maximum atomic E-state index is 12.1. The van der Waals surface area contributed by atoms with Crippen LogP contribution >= 0.6 is 0 Å². The van der Waals surface area contributed by atoms with E-state index in [9.17, 15) is 5.11 Å². The Kier molecular flexibility index (Phi) is 18.0. The molecule has 0 bridgehead atoms. The van der Waals surface area contributed by atoms with Crippen LogP contribution in [0.5, 0.6) is 0 Å². The number of rotatable bonds is 23. The summed E-state index contributed by atoms with van der Waals surface area (Å²) in [6.07, 6.45) is -8.46. The van der Waals surface area contributed by atoms with Gasteiger partial charge in [0.05, 0.1) is 52.9 Å². The van der Waals surface area contributed by atoms with E-state index in [1.54, 1.807) is 7.11 Å². The summed E-state index contributed by atoms with van der Waals surface area (Å²) in [7, 11) is 1.59. The zero-order valence-electron chi connectivity index (χ0n) is 37.3. The number of methoxy groups -OCH3 is 1. The van der Waals surface area contributed by atoms with Crippen molar-refractivity contribution in [1.29, 1.82) is 0 Å². The molecule has 2 aliphatic heterocycles. The van der Waals surface area contributed by atoms with Gasteiger partial charge in [-0.05, 0) is 33.4 Å². The highest BCUT2D eigenvalue weighted by molar-refractivity contribution is 5.18. The van der Waals surface area contributed by atoms with E-state index in [0.717, 1.165) is 33.4 Å². The Labute approximate surface area is 388 Å². The van der Waals surface area contributed by atoms with Crippen LogP contribution in [0.4, 0.5) is 0 Å². The molecule has 6 aromatic carbocycles. The van der Waals surface area contributed by atoms with Crippen molar-refractivity contribution in [1.82, 2.24) is 0 Å². The first-order chi connectivity index (χ1) is 32.6. The summed E-state index contributed by atoms with van der Waals surface area (Å²) in [6.45, 7) is 1.65. The number of benzene rings is 6. The lowest BCUT2D eigenvalue weighted by atomic mass is 9.97. The highest BCUT2D eigenvalue weighted by Crippen LogP contribution is 2.34. The van der Waals surface area contributed by atoms with E-state index in [1.807, 2.05) is 182 Å². The molecule has 2 heterocycles. The topological polar surface area (TPSA) is 113 Å². The van der Waals surface area contributed by atoms with Gasteiger partial charge in [-0.3, -0.25) is 0 Å². The fourth-order valence-corrected chi connectivity index (χ4v) is 8.19. The van der Waals surface area contributed by atoms with Crippen molar-refractivity contribution >= 4 is 0 Å². The first-order valence-corrected chi connectivity index (χ1v) is 22.6. The van der Waals surface area contributed by atoms with Crippen LogP contribution in [-0.4, -0.2) is 86.8 Å². The van der Waals surface area contributed by atoms with Crippen LogP contribution in [0.15, 0.2) is 182 Å². The lowest BCUT2D eigenvalue weighted by Gasteiger charge is -2.47. The van der Waals surface area contributed by atoms with Crippen molar-refractivity contribution in [3.8, 4) is 0 Å². The lowest BCUT2D eigenvalue weighted by Crippen LogP contribution is -2.63. The average Bonchev–Trinajstić information content (AvgIpc) is 3.38. The highest BCUT2D eigenvalue weighted by Gasteiger charge is 2.51. The Hall–Kier alpha value is -5.12. The smallest absolute Gasteiger partial charge is 0.187 e. The van der Waals surface area contributed by atoms with Gasteiger partial charge >= 0.3 is 0 Å². The molecule has 11 heteroatoms. The zero-order valence-corrected chi connectivity index (χ0v) is 37.3. The summed E-state index contributed by atoms with van der Waals surface area (Å²) >= 11 is 0. The van der Waals surface area contributed by atoms with Crippen LogP contribution in [0, 0.1) is 0 Å². The summed E-state index contributed by atoms with van der Waals surface area (Å²) < 4.78 is 66.2. The fraction of sp³-hybridized carbons (Fsp3) is 0.345.